The van der Waals surface area contributed by atoms with Crippen molar-refractivity contribution in [1.82, 2.24) is 9.80 Å². The molecule has 0 radical (unpaired) electrons. The van der Waals surface area contributed by atoms with Gasteiger partial charge in [-0.15, -0.1) is 0 Å². The van der Waals surface area contributed by atoms with E-state index in [-0.39, 0.29) is 24.9 Å². The van der Waals surface area contributed by atoms with Crippen LogP contribution in [0.4, 0.5) is 5.69 Å². The summed E-state index contributed by atoms with van der Waals surface area (Å²) >= 11 is 12.2. The van der Waals surface area contributed by atoms with Gasteiger partial charge in [-0.1, -0.05) is 53.5 Å². The maximum Gasteiger partial charge on any atom is 0.244 e. The van der Waals surface area contributed by atoms with Crippen LogP contribution >= 0.6 is 23.2 Å². The molecule has 0 spiro atoms. The van der Waals surface area contributed by atoms with E-state index in [1.54, 1.807) is 31.3 Å². The zero-order valence-electron chi connectivity index (χ0n) is 14.7. The van der Waals surface area contributed by atoms with Gasteiger partial charge in [0.1, 0.15) is 0 Å². The molecule has 7 heteroatoms. The maximum atomic E-state index is 12.3. The number of hydrogen-bond donors (Lipinski definition) is 1. The molecule has 0 aliphatic rings. The number of nitrogens with one attached hydrogen (secondary N) is 1. The lowest BCUT2D eigenvalue weighted by Crippen LogP contribution is -2.40. The summed E-state index contributed by atoms with van der Waals surface area (Å²) in [7, 11) is 3.43. The largest absolute Gasteiger partial charge is 0.335 e. The van der Waals surface area contributed by atoms with E-state index >= 15 is 0 Å². The summed E-state index contributed by atoms with van der Waals surface area (Å²) in [5.41, 5.74) is 1.47. The molecule has 138 valence electrons. The highest BCUT2D eigenvalue weighted by Gasteiger charge is 2.16. The van der Waals surface area contributed by atoms with Gasteiger partial charge in [-0.05, 0) is 30.8 Å². The molecule has 26 heavy (non-hydrogen) atoms. The Hall–Kier alpha value is -2.08. The first-order chi connectivity index (χ1) is 12.4. The minimum Gasteiger partial charge on any atom is -0.335 e. The smallest absolute Gasteiger partial charge is 0.244 e. The van der Waals surface area contributed by atoms with Gasteiger partial charge in [0, 0.05) is 18.6 Å². The summed E-state index contributed by atoms with van der Waals surface area (Å²) < 4.78 is 0. The number of para-hydroxylation sites is 1. The van der Waals surface area contributed by atoms with Gasteiger partial charge in [-0.2, -0.15) is 0 Å². The number of halogens is 2. The van der Waals surface area contributed by atoms with Gasteiger partial charge in [-0.3, -0.25) is 14.5 Å². The van der Waals surface area contributed by atoms with Gasteiger partial charge in [0.2, 0.25) is 11.8 Å². The third kappa shape index (κ3) is 6.02. The average molecular weight is 394 g/mol. The Morgan fingerprint density at radius 1 is 0.923 bits per heavy atom. The Balaban J connectivity index is 1.84. The van der Waals surface area contributed by atoms with Crippen LogP contribution in [0.15, 0.2) is 48.5 Å². The van der Waals surface area contributed by atoms with Crippen molar-refractivity contribution in [2.45, 2.75) is 6.54 Å². The molecule has 0 bridgehead atoms. The van der Waals surface area contributed by atoms with Crippen molar-refractivity contribution >= 4 is 40.7 Å². The second-order valence-corrected chi connectivity index (χ2v) is 6.86. The number of hydrogen-bond acceptors (Lipinski definition) is 3. The van der Waals surface area contributed by atoms with Gasteiger partial charge >= 0.3 is 0 Å². The molecule has 0 atom stereocenters. The molecule has 0 aliphatic carbocycles. The third-order valence-electron chi connectivity index (χ3n) is 3.76. The molecule has 5 nitrogen and oxygen atoms in total. The molecule has 0 heterocycles. The highest BCUT2D eigenvalue weighted by molar-refractivity contribution is 6.33. The Morgan fingerprint density at radius 3 is 2.19 bits per heavy atom. The lowest BCUT2D eigenvalue weighted by molar-refractivity contribution is -0.134. The van der Waals surface area contributed by atoms with Gasteiger partial charge in [0.25, 0.3) is 0 Å². The third-order valence-corrected chi connectivity index (χ3v) is 4.46. The van der Waals surface area contributed by atoms with E-state index in [2.05, 4.69) is 5.32 Å². The van der Waals surface area contributed by atoms with Crippen molar-refractivity contribution in [2.24, 2.45) is 0 Å². The Kier molecular flexibility index (Phi) is 7.45. The minimum atomic E-state index is -0.303. The van der Waals surface area contributed by atoms with Crippen LogP contribution < -0.4 is 5.32 Å². The summed E-state index contributed by atoms with van der Waals surface area (Å²) in [6.07, 6.45) is 0. The molecule has 0 saturated heterocycles. The molecule has 0 aromatic heterocycles. The SMILES string of the molecule is CN(CC(=O)N(C)CC(=O)Nc1ccccc1Cl)Cc1ccccc1Cl. The lowest BCUT2D eigenvalue weighted by Gasteiger charge is -2.22. The van der Waals surface area contributed by atoms with Crippen molar-refractivity contribution in [1.29, 1.82) is 0 Å². The number of amides is 2. The highest BCUT2D eigenvalue weighted by Crippen LogP contribution is 2.20. The molecular weight excluding hydrogens is 373 g/mol. The Labute approximate surface area is 163 Å². The predicted octanol–water partition coefficient (Wildman–Crippen LogP) is 3.52. The van der Waals surface area contributed by atoms with Crippen LogP contribution in [0.1, 0.15) is 5.56 Å². The molecule has 1 N–H and O–H groups in total. The van der Waals surface area contributed by atoms with E-state index < -0.39 is 0 Å². The molecule has 2 aromatic carbocycles. The van der Waals surface area contributed by atoms with Crippen LogP contribution in [0, 0.1) is 0 Å². The molecular formula is C19H21Cl2N3O2. The topological polar surface area (TPSA) is 52.7 Å². The maximum absolute atomic E-state index is 12.3. The number of likely N-dealkylation sites (N-methyl/N-ethyl adjacent to an activating group) is 2. The Morgan fingerprint density at radius 2 is 1.54 bits per heavy atom. The monoisotopic (exact) mass is 393 g/mol. The number of nitrogens with zero attached hydrogens (tertiary/aromatic N) is 2. The van der Waals surface area contributed by atoms with Gasteiger partial charge in [-0.25, -0.2) is 0 Å². The van der Waals surface area contributed by atoms with Crippen molar-refractivity contribution in [2.75, 3.05) is 32.5 Å². The van der Waals surface area contributed by atoms with Crippen LogP contribution in [0.5, 0.6) is 0 Å². The van der Waals surface area contributed by atoms with E-state index in [9.17, 15) is 9.59 Å². The first kappa shape index (κ1) is 20.2. The first-order valence-electron chi connectivity index (χ1n) is 8.07. The number of carbonyl (C=O) groups is 2. The van der Waals surface area contributed by atoms with E-state index in [1.807, 2.05) is 36.2 Å². The van der Waals surface area contributed by atoms with Crippen LogP contribution in [0.25, 0.3) is 0 Å². The van der Waals surface area contributed by atoms with E-state index in [1.165, 1.54) is 4.90 Å². The van der Waals surface area contributed by atoms with E-state index in [4.69, 9.17) is 23.2 Å². The zero-order chi connectivity index (χ0) is 19.1. The quantitative estimate of drug-likeness (QED) is 0.782. The molecule has 0 saturated carbocycles. The summed E-state index contributed by atoms with van der Waals surface area (Å²) in [6, 6.07) is 14.5. The van der Waals surface area contributed by atoms with Crippen molar-refractivity contribution in [3.63, 3.8) is 0 Å². The minimum absolute atomic E-state index is 0.0516. The summed E-state index contributed by atoms with van der Waals surface area (Å²) in [6.45, 7) is 0.677. The number of carbonyl (C=O) groups excluding carboxylic acids is 2. The standard InChI is InChI=1S/C19H21Cl2N3O2/c1-23(11-14-7-3-4-8-15(14)20)13-19(26)24(2)12-18(25)22-17-10-6-5-9-16(17)21/h3-10H,11-13H2,1-2H3,(H,22,25). The second-order valence-electron chi connectivity index (χ2n) is 6.04. The second kappa shape index (κ2) is 9.57. The molecule has 2 amide bonds. The van der Waals surface area contributed by atoms with Crippen LogP contribution in [-0.4, -0.2) is 48.8 Å². The first-order valence-corrected chi connectivity index (χ1v) is 8.82. The van der Waals surface area contributed by atoms with Gasteiger partial charge < -0.3 is 10.2 Å². The fourth-order valence-corrected chi connectivity index (χ4v) is 2.76. The van der Waals surface area contributed by atoms with Crippen LogP contribution in [0.3, 0.4) is 0 Å². The van der Waals surface area contributed by atoms with Gasteiger partial charge in [0.15, 0.2) is 0 Å². The average Bonchev–Trinajstić information content (AvgIpc) is 2.59. The van der Waals surface area contributed by atoms with Crippen LogP contribution in [-0.2, 0) is 16.1 Å². The molecule has 0 fully saturated rings. The van der Waals surface area contributed by atoms with E-state index in [0.29, 0.717) is 22.3 Å². The molecule has 2 rings (SSSR count). The summed E-state index contributed by atoms with van der Waals surface area (Å²) in [4.78, 5) is 27.7. The molecule has 0 unspecified atom stereocenters. The zero-order valence-corrected chi connectivity index (χ0v) is 16.2. The number of benzene rings is 2. The van der Waals surface area contributed by atoms with Gasteiger partial charge in [0.05, 0.1) is 23.8 Å². The number of anilines is 1. The summed E-state index contributed by atoms with van der Waals surface area (Å²) in [5, 5.41) is 3.82. The van der Waals surface area contributed by atoms with Crippen molar-refractivity contribution < 1.29 is 9.59 Å². The fourth-order valence-electron chi connectivity index (χ4n) is 2.38. The van der Waals surface area contributed by atoms with Crippen molar-refractivity contribution in [3.8, 4) is 0 Å². The molecule has 2 aromatic rings. The normalized spacial score (nSPS) is 10.7. The summed E-state index contributed by atoms with van der Waals surface area (Å²) in [5.74, 6) is -0.462. The fraction of sp³-hybridized carbons (Fsp3) is 0.263. The van der Waals surface area contributed by atoms with Crippen molar-refractivity contribution in [3.05, 3.63) is 64.1 Å². The van der Waals surface area contributed by atoms with Crippen LogP contribution in [0.2, 0.25) is 10.0 Å². The molecule has 0 aliphatic heterocycles. The lowest BCUT2D eigenvalue weighted by atomic mass is 10.2. The number of rotatable bonds is 7. The predicted molar refractivity (Wildman–Crippen MR) is 106 cm³/mol. The van der Waals surface area contributed by atoms with E-state index in [0.717, 1.165) is 5.56 Å². The highest BCUT2D eigenvalue weighted by atomic mass is 35.5. The Bertz CT molecular complexity index is 783.